The molecule has 5 aromatic heterocycles. The summed E-state index contributed by atoms with van der Waals surface area (Å²) >= 11 is -0.472. The minimum Gasteiger partial charge on any atom is -0.355 e. The topological polar surface area (TPSA) is 67.3 Å². The first kappa shape index (κ1) is 32.3. The van der Waals surface area contributed by atoms with E-state index in [2.05, 4.69) is 73.5 Å². The van der Waals surface area contributed by atoms with Crippen LogP contribution in [0, 0.1) is 0 Å². The fourth-order valence-corrected chi connectivity index (χ4v) is 3.05. The Morgan fingerprint density at radius 2 is 0.625 bits per heavy atom. The molecule has 0 spiro atoms. The summed E-state index contributed by atoms with van der Waals surface area (Å²) in [6, 6.07) is 39.6. The predicted molar refractivity (Wildman–Crippen MR) is 164 cm³/mol. The summed E-state index contributed by atoms with van der Waals surface area (Å²) in [5.41, 5.74) is 2.42. The van der Waals surface area contributed by atoms with Gasteiger partial charge in [0.2, 0.25) is 0 Å². The first-order valence-corrected chi connectivity index (χ1v) is 17.7. The molecule has 0 radical (unpaired) electrons. The Morgan fingerprint density at radius 1 is 0.375 bits per heavy atom. The number of fused-ring (bicyclic) bond motifs is 3. The average Bonchev–Trinajstić information content (AvgIpc) is 3.45. The van der Waals surface area contributed by atoms with Crippen molar-refractivity contribution >= 4 is 40.6 Å². The van der Waals surface area contributed by atoms with E-state index in [1.54, 1.807) is 49.6 Å². The van der Waals surface area contributed by atoms with Crippen LogP contribution in [0.5, 0.6) is 0 Å². The zero-order chi connectivity index (χ0) is 28.4. The smallest absolute Gasteiger partial charge is 0.0464 e. The van der Waals surface area contributed by atoms with Crippen molar-refractivity contribution in [3.63, 3.8) is 0 Å². The molecule has 40 heavy (non-hydrogen) atoms. The number of pyridine rings is 4. The van der Waals surface area contributed by atoms with Gasteiger partial charge in [-0.05, 0) is 60.7 Å². The van der Waals surface area contributed by atoms with E-state index >= 15 is 0 Å². The standard InChI is InChI=1S/C12H9N.4C5H5N.2ClH.Pt/c1-3-7-11-9(5-1)10-6-2-4-8-12(10)13-11;4*1-2-4-6-5-3-1;;;/h1-8,13H;4*1-5H;2*1H;/q;;;;;;;+2/p-2. The quantitative estimate of drug-likeness (QED) is 0.168. The molecule has 0 saturated heterocycles. The van der Waals surface area contributed by atoms with E-state index in [1.807, 2.05) is 72.8 Å². The van der Waals surface area contributed by atoms with Crippen molar-refractivity contribution in [3.8, 4) is 0 Å². The maximum Gasteiger partial charge on any atom is 0.0464 e. The number of halogens is 2. The second-order valence-electron chi connectivity index (χ2n) is 7.36. The fourth-order valence-electron chi connectivity index (χ4n) is 3.05. The molecule has 5 heterocycles. The van der Waals surface area contributed by atoms with Crippen LogP contribution in [0.2, 0.25) is 0 Å². The summed E-state index contributed by atoms with van der Waals surface area (Å²) in [7, 11) is 9.75. The number of nitrogens with zero attached hydrogens (tertiary/aromatic N) is 4. The van der Waals surface area contributed by atoms with Gasteiger partial charge in [-0.25, -0.2) is 0 Å². The monoisotopic (exact) mass is 748 g/mol. The number of aromatic nitrogens is 5. The Hall–Kier alpha value is -3.89. The summed E-state index contributed by atoms with van der Waals surface area (Å²) in [5, 5.41) is 2.61. The zero-order valence-electron chi connectivity index (χ0n) is 21.5. The van der Waals surface area contributed by atoms with Gasteiger partial charge in [0.1, 0.15) is 0 Å². The maximum atomic E-state index is 4.88. The molecule has 0 amide bonds. The number of para-hydroxylation sites is 2. The average molecular weight is 750 g/mol. The van der Waals surface area contributed by atoms with Crippen LogP contribution >= 0.6 is 18.8 Å². The van der Waals surface area contributed by atoms with Gasteiger partial charge in [0, 0.05) is 71.4 Å². The number of H-pyrrole nitrogens is 1. The van der Waals surface area contributed by atoms with Gasteiger partial charge < -0.3 is 4.98 Å². The van der Waals surface area contributed by atoms with E-state index in [0.29, 0.717) is 0 Å². The molecule has 5 nitrogen and oxygen atoms in total. The Bertz CT molecular complexity index is 1210. The molecule has 0 unspecified atom stereocenters. The van der Waals surface area contributed by atoms with Gasteiger partial charge in [-0.15, -0.1) is 0 Å². The summed E-state index contributed by atoms with van der Waals surface area (Å²) in [6.45, 7) is 0. The Balaban J connectivity index is 0.000000180. The summed E-state index contributed by atoms with van der Waals surface area (Å²) in [5.74, 6) is 0. The first-order chi connectivity index (χ1) is 19.9. The second-order valence-corrected chi connectivity index (χ2v) is 10.6. The van der Waals surface area contributed by atoms with Crippen molar-refractivity contribution in [2.45, 2.75) is 0 Å². The summed E-state index contributed by atoms with van der Waals surface area (Å²) < 4.78 is 0. The molecule has 0 fully saturated rings. The van der Waals surface area contributed by atoms with Crippen LogP contribution in [0.1, 0.15) is 0 Å². The number of hydrogen-bond acceptors (Lipinski definition) is 4. The molecular weight excluding hydrogens is 720 g/mol. The van der Waals surface area contributed by atoms with Gasteiger partial charge in [0.05, 0.1) is 0 Å². The normalized spacial score (nSPS) is 8.95. The van der Waals surface area contributed by atoms with Crippen LogP contribution in [0.3, 0.4) is 0 Å². The molecule has 0 saturated carbocycles. The van der Waals surface area contributed by atoms with Gasteiger partial charge in [-0.3, -0.25) is 19.9 Å². The third kappa shape index (κ3) is 14.9. The third-order valence-corrected chi connectivity index (χ3v) is 4.68. The van der Waals surface area contributed by atoms with E-state index in [9.17, 15) is 0 Å². The number of aromatic amines is 1. The molecule has 2 aromatic carbocycles. The largest absolute Gasteiger partial charge is 0.355 e. The number of rotatable bonds is 0. The molecule has 206 valence electrons. The van der Waals surface area contributed by atoms with Crippen LogP contribution in [0.4, 0.5) is 0 Å². The van der Waals surface area contributed by atoms with Crippen molar-refractivity contribution in [2.24, 2.45) is 0 Å². The van der Waals surface area contributed by atoms with Gasteiger partial charge in [-0.2, -0.15) is 0 Å². The number of benzene rings is 2. The van der Waals surface area contributed by atoms with E-state index in [0.717, 1.165) is 0 Å². The van der Waals surface area contributed by atoms with Crippen molar-refractivity contribution < 1.29 is 16.5 Å². The van der Waals surface area contributed by atoms with Crippen molar-refractivity contribution in [2.75, 3.05) is 0 Å². The van der Waals surface area contributed by atoms with Gasteiger partial charge >= 0.3 is 35.3 Å². The van der Waals surface area contributed by atoms with Crippen LogP contribution in [0.15, 0.2) is 171 Å². The minimum absolute atomic E-state index is 0.472. The Labute approximate surface area is 251 Å². The van der Waals surface area contributed by atoms with Crippen LogP contribution in [-0.4, -0.2) is 24.9 Å². The Kier molecular flexibility index (Phi) is 18.6. The minimum atomic E-state index is -0.472. The molecule has 1 N–H and O–H groups in total. The maximum absolute atomic E-state index is 4.88. The molecule has 0 atom stereocenters. The molecule has 0 aliphatic rings. The molecular formula is C32H29Cl2N5Pt. The van der Waals surface area contributed by atoms with Crippen molar-refractivity contribution in [1.82, 2.24) is 24.9 Å². The predicted octanol–water partition coefficient (Wildman–Crippen LogP) is 9.02. The number of nitrogens with one attached hydrogen (secondary N) is 1. The SMILES string of the molecule is [Cl][Pt][Cl].c1ccc2c(c1)[nH]c1ccccc12.c1ccncc1.c1ccncc1.c1ccncc1.c1ccncc1. The van der Waals surface area contributed by atoms with E-state index in [-0.39, 0.29) is 0 Å². The van der Waals surface area contributed by atoms with Gasteiger partial charge in [0.25, 0.3) is 0 Å². The van der Waals surface area contributed by atoms with Crippen LogP contribution < -0.4 is 0 Å². The van der Waals surface area contributed by atoms with Crippen LogP contribution in [0.25, 0.3) is 21.8 Å². The van der Waals surface area contributed by atoms with Crippen molar-refractivity contribution in [3.05, 3.63) is 171 Å². The fraction of sp³-hybridized carbons (Fsp3) is 0. The molecule has 7 aromatic rings. The van der Waals surface area contributed by atoms with Gasteiger partial charge in [0.15, 0.2) is 0 Å². The Morgan fingerprint density at radius 3 is 0.825 bits per heavy atom. The molecule has 8 heteroatoms. The second kappa shape index (κ2) is 23.0. The third-order valence-electron chi connectivity index (χ3n) is 4.68. The number of hydrogen-bond donors (Lipinski definition) is 1. The van der Waals surface area contributed by atoms with Crippen molar-refractivity contribution in [1.29, 1.82) is 0 Å². The first-order valence-electron chi connectivity index (χ1n) is 12.0. The summed E-state index contributed by atoms with van der Waals surface area (Å²) in [4.78, 5) is 18.5. The van der Waals surface area contributed by atoms with E-state index in [1.165, 1.54) is 21.8 Å². The van der Waals surface area contributed by atoms with Crippen LogP contribution in [-0.2, 0) is 16.5 Å². The zero-order valence-corrected chi connectivity index (χ0v) is 25.3. The molecule has 0 bridgehead atoms. The summed E-state index contributed by atoms with van der Waals surface area (Å²) in [6.07, 6.45) is 14.0. The molecule has 7 rings (SSSR count). The molecule has 0 aliphatic heterocycles. The van der Waals surface area contributed by atoms with Gasteiger partial charge in [-0.1, -0.05) is 60.7 Å². The molecule has 0 aliphatic carbocycles. The van der Waals surface area contributed by atoms with E-state index in [4.69, 9.17) is 18.8 Å². The van der Waals surface area contributed by atoms with E-state index < -0.39 is 16.5 Å².